The Bertz CT molecular complexity index is 1230. The molecule has 170 valence electrons. The topological polar surface area (TPSA) is 84.3 Å². The van der Waals surface area contributed by atoms with Gasteiger partial charge in [-0.05, 0) is 44.5 Å². The van der Waals surface area contributed by atoms with Crippen molar-refractivity contribution in [2.45, 2.75) is 33.5 Å². The summed E-state index contributed by atoms with van der Waals surface area (Å²) in [7, 11) is 0. The number of alkyl halides is 3. The lowest BCUT2D eigenvalue weighted by atomic mass is 10.2. The molecule has 0 spiro atoms. The number of hydrogen-bond acceptors (Lipinski definition) is 5. The molecule has 32 heavy (non-hydrogen) atoms. The molecule has 11 heteroatoms. The SMILES string of the molecule is CCN(CC)C(=O)c1sc2ncn(CC(=O)Nc3cccc(C(F)(F)F)c3)c(=O)c2c1C. The minimum atomic E-state index is -4.54. The Balaban J connectivity index is 1.86. The Morgan fingerprint density at radius 3 is 2.53 bits per heavy atom. The molecule has 0 fully saturated rings. The predicted molar refractivity (Wildman–Crippen MR) is 116 cm³/mol. The van der Waals surface area contributed by atoms with Gasteiger partial charge in [-0.2, -0.15) is 13.2 Å². The first-order valence-electron chi connectivity index (χ1n) is 9.81. The van der Waals surface area contributed by atoms with Crippen molar-refractivity contribution in [1.29, 1.82) is 0 Å². The van der Waals surface area contributed by atoms with Gasteiger partial charge < -0.3 is 10.2 Å². The molecule has 1 aromatic carbocycles. The maximum absolute atomic E-state index is 12.9. The minimum Gasteiger partial charge on any atom is -0.338 e. The van der Waals surface area contributed by atoms with Crippen LogP contribution in [0.2, 0.25) is 0 Å². The Morgan fingerprint density at radius 2 is 1.91 bits per heavy atom. The highest BCUT2D eigenvalue weighted by Gasteiger charge is 2.30. The van der Waals surface area contributed by atoms with Crippen molar-refractivity contribution in [1.82, 2.24) is 14.5 Å². The Hall–Kier alpha value is -3.21. The number of hydrogen-bond donors (Lipinski definition) is 1. The molecule has 0 saturated carbocycles. The van der Waals surface area contributed by atoms with Gasteiger partial charge in [0.1, 0.15) is 11.4 Å². The zero-order valence-corrected chi connectivity index (χ0v) is 18.4. The van der Waals surface area contributed by atoms with E-state index in [4.69, 9.17) is 0 Å². The Kier molecular flexibility index (Phi) is 6.68. The van der Waals surface area contributed by atoms with Gasteiger partial charge in [0.2, 0.25) is 5.91 Å². The van der Waals surface area contributed by atoms with Crippen LogP contribution >= 0.6 is 11.3 Å². The summed E-state index contributed by atoms with van der Waals surface area (Å²) in [6.07, 6.45) is -3.35. The van der Waals surface area contributed by atoms with E-state index < -0.39 is 29.8 Å². The van der Waals surface area contributed by atoms with Crippen LogP contribution in [0, 0.1) is 6.92 Å². The van der Waals surface area contributed by atoms with E-state index >= 15 is 0 Å². The molecule has 0 saturated heterocycles. The number of rotatable bonds is 6. The smallest absolute Gasteiger partial charge is 0.338 e. The first kappa shape index (κ1) is 23.5. The van der Waals surface area contributed by atoms with Gasteiger partial charge in [-0.3, -0.25) is 19.0 Å². The molecule has 1 N–H and O–H groups in total. The number of carbonyl (C=O) groups is 2. The second kappa shape index (κ2) is 9.11. The molecule has 2 aromatic heterocycles. The summed E-state index contributed by atoms with van der Waals surface area (Å²) >= 11 is 1.12. The van der Waals surface area contributed by atoms with E-state index in [2.05, 4.69) is 10.3 Å². The van der Waals surface area contributed by atoms with Gasteiger partial charge in [-0.25, -0.2) is 4.98 Å². The maximum atomic E-state index is 12.9. The van der Waals surface area contributed by atoms with Crippen LogP contribution in [0.4, 0.5) is 18.9 Å². The van der Waals surface area contributed by atoms with Gasteiger partial charge in [0.05, 0.1) is 22.2 Å². The van der Waals surface area contributed by atoms with E-state index in [-0.39, 0.29) is 17.0 Å². The Labute approximate surface area is 185 Å². The second-order valence-corrected chi connectivity index (χ2v) is 8.02. The molecule has 7 nitrogen and oxygen atoms in total. The van der Waals surface area contributed by atoms with Crippen molar-refractivity contribution >= 4 is 39.1 Å². The third-order valence-corrected chi connectivity index (χ3v) is 6.14. The Morgan fingerprint density at radius 1 is 1.22 bits per heavy atom. The molecule has 3 rings (SSSR count). The number of nitrogens with zero attached hydrogens (tertiary/aromatic N) is 3. The van der Waals surface area contributed by atoms with Gasteiger partial charge in [0, 0.05) is 18.8 Å². The predicted octanol–water partition coefficient (Wildman–Crippen LogP) is 3.91. The standard InChI is InChI=1S/C21H21F3N4O3S/c1-4-27(5-2)20(31)17-12(3)16-18(32-17)25-11-28(19(16)30)10-15(29)26-14-8-6-7-13(9-14)21(22,23)24/h6-9,11H,4-5,10H2,1-3H3,(H,26,29). The summed E-state index contributed by atoms with van der Waals surface area (Å²) in [5.41, 5.74) is -0.936. The molecular weight excluding hydrogens is 445 g/mol. The molecule has 3 aromatic rings. The van der Waals surface area contributed by atoms with Gasteiger partial charge in [0.25, 0.3) is 11.5 Å². The molecule has 0 aliphatic heterocycles. The van der Waals surface area contributed by atoms with Gasteiger partial charge in [-0.1, -0.05) is 6.07 Å². The monoisotopic (exact) mass is 466 g/mol. The van der Waals surface area contributed by atoms with Crippen LogP contribution in [0.3, 0.4) is 0 Å². The molecule has 0 aliphatic carbocycles. The van der Waals surface area contributed by atoms with Crippen LogP contribution in [0.5, 0.6) is 0 Å². The average molecular weight is 466 g/mol. The van der Waals surface area contributed by atoms with Crippen LogP contribution in [-0.4, -0.2) is 39.4 Å². The largest absolute Gasteiger partial charge is 0.416 e. The van der Waals surface area contributed by atoms with Crippen LogP contribution in [0.15, 0.2) is 35.4 Å². The number of aryl methyl sites for hydroxylation is 1. The summed E-state index contributed by atoms with van der Waals surface area (Å²) in [6, 6.07) is 4.22. The van der Waals surface area contributed by atoms with Crippen molar-refractivity contribution < 1.29 is 22.8 Å². The van der Waals surface area contributed by atoms with E-state index in [1.807, 2.05) is 13.8 Å². The lowest BCUT2D eigenvalue weighted by molar-refractivity contribution is -0.137. The molecule has 0 bridgehead atoms. The highest BCUT2D eigenvalue weighted by molar-refractivity contribution is 7.20. The number of benzene rings is 1. The summed E-state index contributed by atoms with van der Waals surface area (Å²) in [5, 5.41) is 2.61. The van der Waals surface area contributed by atoms with Crippen molar-refractivity contribution in [2.24, 2.45) is 0 Å². The number of halogens is 3. The van der Waals surface area contributed by atoms with Crippen LogP contribution in [0.1, 0.15) is 34.6 Å². The number of nitrogens with one attached hydrogen (secondary N) is 1. The molecule has 0 atom stereocenters. The maximum Gasteiger partial charge on any atom is 0.416 e. The number of fused-ring (bicyclic) bond motifs is 1. The minimum absolute atomic E-state index is 0.0364. The summed E-state index contributed by atoms with van der Waals surface area (Å²) < 4.78 is 39.6. The number of carbonyl (C=O) groups excluding carboxylic acids is 2. The van der Waals surface area contributed by atoms with E-state index in [1.54, 1.807) is 11.8 Å². The fourth-order valence-corrected chi connectivity index (χ4v) is 4.37. The average Bonchev–Trinajstić information content (AvgIpc) is 3.07. The van der Waals surface area contributed by atoms with Crippen LogP contribution < -0.4 is 10.9 Å². The van der Waals surface area contributed by atoms with Gasteiger partial charge in [0.15, 0.2) is 0 Å². The zero-order chi connectivity index (χ0) is 23.6. The molecular formula is C21H21F3N4O3S. The van der Waals surface area contributed by atoms with Crippen LogP contribution in [-0.2, 0) is 17.5 Å². The van der Waals surface area contributed by atoms with Crippen molar-refractivity contribution in [3.63, 3.8) is 0 Å². The fourth-order valence-electron chi connectivity index (χ4n) is 3.26. The normalized spacial score (nSPS) is 11.6. The first-order chi connectivity index (χ1) is 15.1. The zero-order valence-electron chi connectivity index (χ0n) is 17.6. The number of anilines is 1. The van der Waals surface area contributed by atoms with Crippen molar-refractivity contribution in [3.05, 3.63) is 57.0 Å². The number of aromatic nitrogens is 2. The lowest BCUT2D eigenvalue weighted by Gasteiger charge is -2.17. The molecule has 2 heterocycles. The highest BCUT2D eigenvalue weighted by atomic mass is 32.1. The summed E-state index contributed by atoms with van der Waals surface area (Å²) in [6.45, 7) is 5.99. The van der Waals surface area contributed by atoms with Crippen molar-refractivity contribution in [3.8, 4) is 0 Å². The van der Waals surface area contributed by atoms with Crippen molar-refractivity contribution in [2.75, 3.05) is 18.4 Å². The molecule has 2 amide bonds. The van der Waals surface area contributed by atoms with E-state index in [0.29, 0.717) is 28.4 Å². The number of amides is 2. The quantitative estimate of drug-likeness (QED) is 0.597. The van der Waals surface area contributed by atoms with E-state index in [1.165, 1.54) is 18.5 Å². The summed E-state index contributed by atoms with van der Waals surface area (Å²) in [5.74, 6) is -0.872. The highest BCUT2D eigenvalue weighted by Crippen LogP contribution is 2.31. The third kappa shape index (κ3) is 4.67. The van der Waals surface area contributed by atoms with Gasteiger partial charge in [-0.15, -0.1) is 11.3 Å². The molecule has 0 unspecified atom stereocenters. The second-order valence-electron chi connectivity index (χ2n) is 7.02. The van der Waals surface area contributed by atoms with E-state index in [0.717, 1.165) is 28.0 Å². The lowest BCUT2D eigenvalue weighted by Crippen LogP contribution is -2.30. The fraction of sp³-hybridized carbons (Fsp3) is 0.333. The molecule has 0 radical (unpaired) electrons. The summed E-state index contributed by atoms with van der Waals surface area (Å²) in [4.78, 5) is 44.7. The molecule has 0 aliphatic rings. The first-order valence-corrected chi connectivity index (χ1v) is 10.6. The van der Waals surface area contributed by atoms with E-state index in [9.17, 15) is 27.6 Å². The van der Waals surface area contributed by atoms with Crippen LogP contribution in [0.25, 0.3) is 10.2 Å². The van der Waals surface area contributed by atoms with Gasteiger partial charge >= 0.3 is 6.18 Å². The third-order valence-electron chi connectivity index (χ3n) is 4.95. The number of thiophene rings is 1.